The monoisotopic (exact) mass is 472 g/mol. The summed E-state index contributed by atoms with van der Waals surface area (Å²) in [6, 6.07) is 14.0. The van der Waals surface area contributed by atoms with Crippen LogP contribution in [0.15, 0.2) is 48.7 Å². The fourth-order valence-corrected chi connectivity index (χ4v) is 5.15. The van der Waals surface area contributed by atoms with Crippen molar-refractivity contribution in [2.75, 3.05) is 6.54 Å². The number of halogens is 2. The average Bonchev–Trinajstić information content (AvgIpc) is 3.20. The zero-order chi connectivity index (χ0) is 22.3. The Labute approximate surface area is 199 Å². The number of hydrogen-bond donors (Lipinski definition) is 1. The van der Waals surface area contributed by atoms with E-state index in [-0.39, 0.29) is 12.1 Å². The van der Waals surface area contributed by atoms with Gasteiger partial charge in [0, 0.05) is 24.1 Å². The Bertz CT molecular complexity index is 1110. The molecule has 1 fully saturated rings. The number of nitrogens with zero attached hydrogens (tertiary/aromatic N) is 3. The summed E-state index contributed by atoms with van der Waals surface area (Å²) in [6.07, 6.45) is 1.83. The maximum absolute atomic E-state index is 6.58. The summed E-state index contributed by atoms with van der Waals surface area (Å²) in [6.45, 7) is 9.51. The van der Waals surface area contributed by atoms with E-state index in [9.17, 15) is 0 Å². The maximum Gasteiger partial charge on any atom is 0.170 e. The molecule has 3 heterocycles. The van der Waals surface area contributed by atoms with Crippen molar-refractivity contribution < 1.29 is 0 Å². The third-order valence-corrected chi connectivity index (χ3v) is 6.88. The lowest BCUT2D eigenvalue weighted by molar-refractivity contribution is 0.287. The number of benzene rings is 1. The fraction of sp³-hybridized carbons (Fsp3) is 0.333. The normalized spacial score (nSPS) is 18.7. The lowest BCUT2D eigenvalue weighted by atomic mass is 9.96. The molecule has 0 aliphatic carbocycles. The number of nitrogens with one attached hydrogen (secondary N) is 1. The van der Waals surface area contributed by atoms with Crippen molar-refractivity contribution in [3.05, 3.63) is 81.4 Å². The van der Waals surface area contributed by atoms with Crippen LogP contribution in [0.3, 0.4) is 0 Å². The number of rotatable bonds is 5. The number of aryl methyl sites for hydroxylation is 1. The Hall–Kier alpha value is -2.08. The fourth-order valence-electron chi connectivity index (χ4n) is 4.46. The molecule has 1 N–H and O–H groups in total. The second kappa shape index (κ2) is 8.81. The zero-order valence-electron chi connectivity index (χ0n) is 18.1. The molecule has 3 aromatic rings. The van der Waals surface area contributed by atoms with Gasteiger partial charge in [-0.3, -0.25) is 4.98 Å². The van der Waals surface area contributed by atoms with E-state index < -0.39 is 0 Å². The van der Waals surface area contributed by atoms with Crippen LogP contribution in [0.2, 0.25) is 10.0 Å². The van der Waals surface area contributed by atoms with E-state index in [0.717, 1.165) is 34.4 Å². The highest BCUT2D eigenvalue weighted by molar-refractivity contribution is 7.80. The van der Waals surface area contributed by atoms with Crippen LogP contribution >= 0.6 is 35.4 Å². The molecule has 2 atom stereocenters. The molecule has 0 spiro atoms. The van der Waals surface area contributed by atoms with Crippen LogP contribution in [-0.2, 0) is 0 Å². The first-order valence-corrected chi connectivity index (χ1v) is 11.6. The molecule has 0 saturated carbocycles. The standard InChI is InChI=1S/C24H26Cl2N4S/c1-14(2)13-29-23(22(28-24(29)31)19-9-5-6-11-27-19)17-12-15(3)30(16(17)4)20-10-7-8-18(25)21(20)26/h5-12,14,22-23H,13H2,1-4H3,(H,28,31). The summed E-state index contributed by atoms with van der Waals surface area (Å²) < 4.78 is 2.17. The van der Waals surface area contributed by atoms with E-state index >= 15 is 0 Å². The largest absolute Gasteiger partial charge is 0.352 e. The van der Waals surface area contributed by atoms with Gasteiger partial charge in [-0.1, -0.05) is 49.2 Å². The Morgan fingerprint density at radius 1 is 1.13 bits per heavy atom. The molecule has 4 rings (SSSR count). The van der Waals surface area contributed by atoms with E-state index in [1.165, 1.54) is 5.56 Å². The molecule has 1 aliphatic heterocycles. The third-order valence-electron chi connectivity index (χ3n) is 5.72. The molecule has 0 amide bonds. The molecule has 2 unspecified atom stereocenters. The topological polar surface area (TPSA) is 33.1 Å². The van der Waals surface area contributed by atoms with Crippen LogP contribution in [0.5, 0.6) is 0 Å². The van der Waals surface area contributed by atoms with E-state index in [0.29, 0.717) is 16.0 Å². The first-order chi connectivity index (χ1) is 14.8. The van der Waals surface area contributed by atoms with Crippen LogP contribution in [0.1, 0.15) is 48.6 Å². The van der Waals surface area contributed by atoms with Crippen molar-refractivity contribution in [1.29, 1.82) is 0 Å². The highest BCUT2D eigenvalue weighted by Crippen LogP contribution is 2.42. The van der Waals surface area contributed by atoms with Crippen molar-refractivity contribution in [2.24, 2.45) is 5.92 Å². The van der Waals surface area contributed by atoms with Crippen molar-refractivity contribution in [1.82, 2.24) is 19.8 Å². The van der Waals surface area contributed by atoms with Gasteiger partial charge in [0.05, 0.1) is 33.5 Å². The summed E-state index contributed by atoms with van der Waals surface area (Å²) in [7, 11) is 0. The van der Waals surface area contributed by atoms with Crippen LogP contribution in [0.4, 0.5) is 0 Å². The second-order valence-corrected chi connectivity index (χ2v) is 9.58. The van der Waals surface area contributed by atoms with Gasteiger partial charge in [0.15, 0.2) is 5.11 Å². The highest BCUT2D eigenvalue weighted by Gasteiger charge is 2.41. The Balaban J connectivity index is 1.86. The van der Waals surface area contributed by atoms with Crippen LogP contribution in [0, 0.1) is 19.8 Å². The highest BCUT2D eigenvalue weighted by atomic mass is 35.5. The lowest BCUT2D eigenvalue weighted by Gasteiger charge is -2.29. The van der Waals surface area contributed by atoms with Gasteiger partial charge in [-0.15, -0.1) is 0 Å². The molecular weight excluding hydrogens is 447 g/mol. The van der Waals surface area contributed by atoms with Crippen LogP contribution < -0.4 is 5.32 Å². The van der Waals surface area contributed by atoms with Gasteiger partial charge in [-0.2, -0.15) is 0 Å². The minimum Gasteiger partial charge on any atom is -0.352 e. The number of hydrogen-bond acceptors (Lipinski definition) is 2. The molecule has 31 heavy (non-hydrogen) atoms. The minimum absolute atomic E-state index is 0.0303. The molecule has 4 nitrogen and oxygen atoms in total. The Morgan fingerprint density at radius 2 is 1.90 bits per heavy atom. The van der Waals surface area contributed by atoms with Gasteiger partial charge < -0.3 is 14.8 Å². The average molecular weight is 473 g/mol. The van der Waals surface area contributed by atoms with Crippen LogP contribution in [-0.4, -0.2) is 26.1 Å². The van der Waals surface area contributed by atoms with Crippen molar-refractivity contribution >= 4 is 40.5 Å². The van der Waals surface area contributed by atoms with Crippen LogP contribution in [0.25, 0.3) is 5.69 Å². The van der Waals surface area contributed by atoms with E-state index in [1.54, 1.807) is 0 Å². The molecular formula is C24H26Cl2N4S. The van der Waals surface area contributed by atoms with Crippen molar-refractivity contribution in [3.63, 3.8) is 0 Å². The number of pyridine rings is 1. The molecule has 0 bridgehead atoms. The van der Waals surface area contributed by atoms with Gasteiger partial charge in [-0.25, -0.2) is 0 Å². The third kappa shape index (κ3) is 4.07. The summed E-state index contributed by atoms with van der Waals surface area (Å²) in [5.74, 6) is 0.468. The second-order valence-electron chi connectivity index (χ2n) is 8.41. The van der Waals surface area contributed by atoms with Crippen molar-refractivity contribution in [2.45, 2.75) is 39.8 Å². The molecule has 1 aliphatic rings. The summed E-state index contributed by atoms with van der Waals surface area (Å²) >= 11 is 18.7. The maximum atomic E-state index is 6.58. The quantitative estimate of drug-likeness (QED) is 0.434. The Morgan fingerprint density at radius 3 is 2.58 bits per heavy atom. The van der Waals surface area contributed by atoms with E-state index in [1.807, 2.05) is 36.5 Å². The van der Waals surface area contributed by atoms with Gasteiger partial charge in [0.2, 0.25) is 0 Å². The van der Waals surface area contributed by atoms with Gasteiger partial charge in [0.1, 0.15) is 0 Å². The summed E-state index contributed by atoms with van der Waals surface area (Å²) in [5.41, 5.74) is 5.28. The predicted octanol–water partition coefficient (Wildman–Crippen LogP) is 6.42. The number of aromatic nitrogens is 2. The molecule has 162 valence electrons. The van der Waals surface area contributed by atoms with Crippen molar-refractivity contribution in [3.8, 4) is 5.69 Å². The van der Waals surface area contributed by atoms with Gasteiger partial charge >= 0.3 is 0 Å². The van der Waals surface area contributed by atoms with Gasteiger partial charge in [0.25, 0.3) is 0 Å². The SMILES string of the molecule is Cc1cc(C2C(c3ccccn3)NC(=S)N2CC(C)C)c(C)n1-c1cccc(Cl)c1Cl. The van der Waals surface area contributed by atoms with E-state index in [2.05, 4.69) is 59.6 Å². The lowest BCUT2D eigenvalue weighted by Crippen LogP contribution is -2.33. The smallest absolute Gasteiger partial charge is 0.170 e. The first-order valence-electron chi connectivity index (χ1n) is 10.4. The molecule has 1 saturated heterocycles. The molecule has 7 heteroatoms. The number of thiocarbonyl (C=S) groups is 1. The first kappa shape index (κ1) is 22.1. The zero-order valence-corrected chi connectivity index (χ0v) is 20.4. The summed E-state index contributed by atoms with van der Waals surface area (Å²) in [5, 5.41) is 5.39. The summed E-state index contributed by atoms with van der Waals surface area (Å²) in [4.78, 5) is 6.93. The Kier molecular flexibility index (Phi) is 6.29. The predicted molar refractivity (Wildman–Crippen MR) is 132 cm³/mol. The molecule has 2 aromatic heterocycles. The van der Waals surface area contributed by atoms with E-state index in [4.69, 9.17) is 35.4 Å². The molecule has 0 radical (unpaired) electrons. The van der Waals surface area contributed by atoms with Gasteiger partial charge in [-0.05, 0) is 67.9 Å². The molecule has 1 aromatic carbocycles. The minimum atomic E-state index is -0.0313.